The van der Waals surface area contributed by atoms with Gasteiger partial charge in [0, 0.05) is 6.04 Å². The number of para-hydroxylation sites is 1. The second kappa shape index (κ2) is 6.71. The number of nitrogens with one attached hydrogen (secondary N) is 1. The number of sulfone groups is 1. The van der Waals surface area contributed by atoms with Crippen LogP contribution in [-0.2, 0) is 14.6 Å². The van der Waals surface area contributed by atoms with Gasteiger partial charge in [0.1, 0.15) is 6.33 Å². The van der Waals surface area contributed by atoms with Gasteiger partial charge in [-0.15, -0.1) is 5.10 Å². The van der Waals surface area contributed by atoms with Gasteiger partial charge in [-0.25, -0.2) is 18.1 Å². The van der Waals surface area contributed by atoms with E-state index in [2.05, 4.69) is 15.4 Å². The molecular formula is C14H16N4O3S2. The summed E-state index contributed by atoms with van der Waals surface area (Å²) in [5.74, 6) is 0.140. The molecule has 0 saturated carbocycles. The van der Waals surface area contributed by atoms with Crippen LogP contribution < -0.4 is 5.32 Å². The first kappa shape index (κ1) is 16.0. The molecule has 1 aromatic heterocycles. The quantitative estimate of drug-likeness (QED) is 0.795. The van der Waals surface area contributed by atoms with E-state index in [1.807, 2.05) is 30.3 Å². The van der Waals surface area contributed by atoms with E-state index in [1.54, 1.807) is 11.0 Å². The lowest BCUT2D eigenvalue weighted by Gasteiger charge is -2.09. The maximum Gasteiger partial charge on any atom is 0.230 e. The van der Waals surface area contributed by atoms with Crippen LogP contribution in [0.15, 0.2) is 41.8 Å². The van der Waals surface area contributed by atoms with Crippen molar-refractivity contribution in [2.45, 2.75) is 17.6 Å². The molecule has 1 amide bonds. The number of rotatable bonds is 5. The van der Waals surface area contributed by atoms with Crippen molar-refractivity contribution >= 4 is 27.5 Å². The first-order chi connectivity index (χ1) is 11.0. The molecule has 1 aliphatic rings. The van der Waals surface area contributed by atoms with Crippen LogP contribution in [-0.4, -0.2) is 52.4 Å². The smallest absolute Gasteiger partial charge is 0.230 e. The number of amides is 1. The van der Waals surface area contributed by atoms with Gasteiger partial charge in [-0.05, 0) is 18.6 Å². The topological polar surface area (TPSA) is 93.9 Å². The lowest BCUT2D eigenvalue weighted by Crippen LogP contribution is -2.36. The third kappa shape index (κ3) is 4.32. The predicted molar refractivity (Wildman–Crippen MR) is 87.3 cm³/mol. The van der Waals surface area contributed by atoms with Crippen LogP contribution in [0.4, 0.5) is 0 Å². The highest BCUT2D eigenvalue weighted by Gasteiger charge is 2.28. The van der Waals surface area contributed by atoms with Crippen molar-refractivity contribution in [2.75, 3.05) is 17.3 Å². The zero-order valence-corrected chi connectivity index (χ0v) is 13.9. The van der Waals surface area contributed by atoms with Crippen molar-refractivity contribution in [3.05, 3.63) is 36.7 Å². The molecule has 3 rings (SSSR count). The molecule has 1 aliphatic heterocycles. The van der Waals surface area contributed by atoms with Gasteiger partial charge in [-0.3, -0.25) is 4.79 Å². The average Bonchev–Trinajstić information content (AvgIpc) is 3.13. The number of carbonyl (C=O) groups is 1. The number of thioether (sulfide) groups is 1. The standard InChI is InChI=1S/C14H16N4O3S2/c19-13(16-11-6-7-23(20,21)9-11)8-22-14-15-10-18(17-14)12-4-2-1-3-5-12/h1-5,10-11H,6-9H2,(H,16,19). The van der Waals surface area contributed by atoms with Crippen LogP contribution in [0, 0.1) is 0 Å². The summed E-state index contributed by atoms with van der Waals surface area (Å²) in [5.41, 5.74) is 0.896. The number of hydrogen-bond acceptors (Lipinski definition) is 6. The molecule has 1 aromatic carbocycles. The average molecular weight is 352 g/mol. The number of benzene rings is 1. The summed E-state index contributed by atoms with van der Waals surface area (Å²) in [5, 5.41) is 7.54. The van der Waals surface area contributed by atoms with Crippen LogP contribution >= 0.6 is 11.8 Å². The molecule has 0 radical (unpaired) electrons. The Kier molecular flexibility index (Phi) is 4.67. The Morgan fingerprint density at radius 2 is 2.13 bits per heavy atom. The van der Waals surface area contributed by atoms with E-state index >= 15 is 0 Å². The fourth-order valence-corrected chi connectivity index (χ4v) is 4.61. The molecule has 2 heterocycles. The summed E-state index contributed by atoms with van der Waals surface area (Å²) in [6.07, 6.45) is 2.08. The van der Waals surface area contributed by atoms with Crippen molar-refractivity contribution in [3.63, 3.8) is 0 Å². The van der Waals surface area contributed by atoms with E-state index in [4.69, 9.17) is 0 Å². The lowest BCUT2D eigenvalue weighted by atomic mass is 10.3. The number of nitrogens with zero attached hydrogens (tertiary/aromatic N) is 3. The summed E-state index contributed by atoms with van der Waals surface area (Å²) >= 11 is 1.22. The normalized spacial score (nSPS) is 19.6. The molecule has 0 aliphatic carbocycles. The second-order valence-electron chi connectivity index (χ2n) is 5.26. The van der Waals surface area contributed by atoms with Crippen LogP contribution in [0.3, 0.4) is 0 Å². The zero-order chi connectivity index (χ0) is 16.3. The summed E-state index contributed by atoms with van der Waals surface area (Å²) in [6, 6.07) is 9.29. The molecule has 1 saturated heterocycles. The van der Waals surface area contributed by atoms with Crippen molar-refractivity contribution in [3.8, 4) is 5.69 Å². The van der Waals surface area contributed by atoms with Crippen LogP contribution in [0.2, 0.25) is 0 Å². The van der Waals surface area contributed by atoms with Gasteiger partial charge < -0.3 is 5.32 Å². The summed E-state index contributed by atoms with van der Waals surface area (Å²) in [7, 11) is -2.99. The van der Waals surface area contributed by atoms with E-state index in [0.29, 0.717) is 11.6 Å². The highest BCUT2D eigenvalue weighted by atomic mass is 32.2. The highest BCUT2D eigenvalue weighted by Crippen LogP contribution is 2.15. The Morgan fingerprint density at radius 3 is 2.83 bits per heavy atom. The maximum absolute atomic E-state index is 11.9. The van der Waals surface area contributed by atoms with Crippen molar-refractivity contribution in [2.24, 2.45) is 0 Å². The predicted octanol–water partition coefficient (Wildman–Crippen LogP) is 0.663. The van der Waals surface area contributed by atoms with E-state index < -0.39 is 9.84 Å². The molecule has 1 fully saturated rings. The molecule has 2 aromatic rings. The minimum absolute atomic E-state index is 0.0320. The Balaban J connectivity index is 1.51. The first-order valence-corrected chi connectivity index (χ1v) is 9.92. The molecule has 0 bridgehead atoms. The summed E-state index contributed by atoms with van der Waals surface area (Å²) in [6.45, 7) is 0. The van der Waals surface area contributed by atoms with E-state index in [0.717, 1.165) is 5.69 Å². The fraction of sp³-hybridized carbons (Fsp3) is 0.357. The Bertz CT molecular complexity index is 789. The van der Waals surface area contributed by atoms with Crippen LogP contribution in [0.1, 0.15) is 6.42 Å². The fourth-order valence-electron chi connectivity index (χ4n) is 2.33. The Hall–Kier alpha value is -1.87. The molecule has 1 unspecified atom stereocenters. The minimum atomic E-state index is -2.99. The third-order valence-electron chi connectivity index (χ3n) is 3.42. The maximum atomic E-state index is 11.9. The van der Waals surface area contributed by atoms with Gasteiger partial charge in [0.05, 0.1) is 22.9 Å². The Labute approximate surface area is 138 Å². The second-order valence-corrected chi connectivity index (χ2v) is 8.43. The van der Waals surface area contributed by atoms with E-state index in [9.17, 15) is 13.2 Å². The van der Waals surface area contributed by atoms with E-state index in [1.165, 1.54) is 11.8 Å². The molecule has 0 spiro atoms. The number of hydrogen-bond donors (Lipinski definition) is 1. The lowest BCUT2D eigenvalue weighted by molar-refractivity contribution is -0.119. The molecule has 23 heavy (non-hydrogen) atoms. The Morgan fingerprint density at radius 1 is 1.35 bits per heavy atom. The van der Waals surface area contributed by atoms with Crippen molar-refractivity contribution in [1.82, 2.24) is 20.1 Å². The summed E-state index contributed by atoms with van der Waals surface area (Å²) in [4.78, 5) is 16.0. The third-order valence-corrected chi connectivity index (χ3v) is 6.04. The molecule has 122 valence electrons. The highest BCUT2D eigenvalue weighted by molar-refractivity contribution is 7.99. The largest absolute Gasteiger partial charge is 0.352 e. The van der Waals surface area contributed by atoms with Crippen molar-refractivity contribution in [1.29, 1.82) is 0 Å². The first-order valence-electron chi connectivity index (χ1n) is 7.11. The van der Waals surface area contributed by atoms with Gasteiger partial charge in [-0.2, -0.15) is 0 Å². The zero-order valence-electron chi connectivity index (χ0n) is 12.3. The SMILES string of the molecule is O=C(CSc1ncn(-c2ccccc2)n1)NC1CCS(=O)(=O)C1. The molecule has 1 atom stereocenters. The minimum Gasteiger partial charge on any atom is -0.352 e. The van der Waals surface area contributed by atoms with Crippen molar-refractivity contribution < 1.29 is 13.2 Å². The van der Waals surface area contributed by atoms with Gasteiger partial charge >= 0.3 is 0 Å². The number of carbonyl (C=O) groups excluding carboxylic acids is 1. The van der Waals surface area contributed by atoms with Gasteiger partial charge in [0.2, 0.25) is 11.1 Å². The van der Waals surface area contributed by atoms with Gasteiger partial charge in [0.25, 0.3) is 0 Å². The van der Waals surface area contributed by atoms with E-state index in [-0.39, 0.29) is 29.2 Å². The number of aromatic nitrogens is 3. The molecular weight excluding hydrogens is 336 g/mol. The monoisotopic (exact) mass is 352 g/mol. The molecule has 7 nitrogen and oxygen atoms in total. The van der Waals surface area contributed by atoms with Crippen LogP contribution in [0.25, 0.3) is 5.69 Å². The van der Waals surface area contributed by atoms with Gasteiger partial charge in [0.15, 0.2) is 9.84 Å². The van der Waals surface area contributed by atoms with Crippen LogP contribution in [0.5, 0.6) is 0 Å². The van der Waals surface area contributed by atoms with Gasteiger partial charge in [-0.1, -0.05) is 30.0 Å². The molecule has 1 N–H and O–H groups in total. The molecule has 9 heteroatoms. The summed E-state index contributed by atoms with van der Waals surface area (Å²) < 4.78 is 24.4.